The fraction of sp³-hybridized carbons (Fsp3) is 0.292. The van der Waals surface area contributed by atoms with Crippen molar-refractivity contribution < 1.29 is 5.11 Å². The number of aromatic nitrogens is 1. The fourth-order valence-corrected chi connectivity index (χ4v) is 3.62. The van der Waals surface area contributed by atoms with Crippen LogP contribution in [0.15, 0.2) is 54.7 Å². The third kappa shape index (κ3) is 4.30. The molecule has 1 aromatic heterocycles. The lowest BCUT2D eigenvalue weighted by Gasteiger charge is -2.26. The van der Waals surface area contributed by atoms with Gasteiger partial charge in [0, 0.05) is 35.7 Å². The van der Waals surface area contributed by atoms with Gasteiger partial charge in [0.05, 0.1) is 5.52 Å². The second kappa shape index (κ2) is 8.24. The van der Waals surface area contributed by atoms with Crippen LogP contribution in [0, 0.1) is 11.8 Å². The molecule has 0 unspecified atom stereocenters. The third-order valence-electron chi connectivity index (χ3n) is 5.13. The van der Waals surface area contributed by atoms with Gasteiger partial charge in [0.2, 0.25) is 0 Å². The first kappa shape index (κ1) is 17.6. The maximum Gasteiger partial charge on any atom is 0.131 e. The summed E-state index contributed by atoms with van der Waals surface area (Å²) >= 11 is 0. The molecule has 3 nitrogen and oxygen atoms in total. The first-order valence-electron chi connectivity index (χ1n) is 9.65. The minimum absolute atomic E-state index is 0.345. The molecule has 3 heteroatoms. The molecule has 2 aromatic carbocycles. The molecule has 2 heterocycles. The average molecular weight is 356 g/mol. The van der Waals surface area contributed by atoms with Gasteiger partial charge in [0.25, 0.3) is 0 Å². The standard InChI is InChI=1S/C24H24N2O/c27-24-21(18-26-14-5-2-6-15-26)17-25-23-13-12-20(16-22(23)24)11-7-10-19-8-3-1-4-9-19/h1,3-4,8-9,12-13,16-17H,2,5-6,10,14-15,18H2,(H,25,27). The molecule has 3 aromatic rings. The van der Waals surface area contributed by atoms with Crippen molar-refractivity contribution >= 4 is 10.9 Å². The lowest BCUT2D eigenvalue weighted by molar-refractivity contribution is 0.218. The van der Waals surface area contributed by atoms with Crippen molar-refractivity contribution in [2.24, 2.45) is 0 Å². The van der Waals surface area contributed by atoms with Crippen molar-refractivity contribution in [1.29, 1.82) is 0 Å². The van der Waals surface area contributed by atoms with Crippen LogP contribution in [0.5, 0.6) is 5.75 Å². The molecule has 0 saturated carbocycles. The van der Waals surface area contributed by atoms with Gasteiger partial charge < -0.3 is 5.11 Å². The van der Waals surface area contributed by atoms with Gasteiger partial charge in [-0.05, 0) is 49.7 Å². The van der Waals surface area contributed by atoms with E-state index in [1.165, 1.54) is 24.8 Å². The summed E-state index contributed by atoms with van der Waals surface area (Å²) in [5.41, 5.74) is 3.83. The number of pyridine rings is 1. The Kier molecular flexibility index (Phi) is 5.37. The molecule has 4 rings (SSSR count). The molecule has 0 bridgehead atoms. The maximum atomic E-state index is 10.8. The Bertz CT molecular complexity index is 980. The molecule has 0 amide bonds. The van der Waals surface area contributed by atoms with Crippen LogP contribution in [-0.2, 0) is 13.0 Å². The van der Waals surface area contributed by atoms with Gasteiger partial charge in [-0.1, -0.05) is 48.6 Å². The van der Waals surface area contributed by atoms with E-state index in [1.807, 2.05) is 42.6 Å². The van der Waals surface area contributed by atoms with Crippen molar-refractivity contribution in [3.05, 3.63) is 71.4 Å². The van der Waals surface area contributed by atoms with Crippen molar-refractivity contribution in [2.45, 2.75) is 32.2 Å². The number of hydrogen-bond acceptors (Lipinski definition) is 3. The second-order valence-corrected chi connectivity index (χ2v) is 7.16. The smallest absolute Gasteiger partial charge is 0.131 e. The lowest BCUT2D eigenvalue weighted by Crippen LogP contribution is -2.29. The zero-order valence-corrected chi connectivity index (χ0v) is 15.5. The highest BCUT2D eigenvalue weighted by Crippen LogP contribution is 2.29. The van der Waals surface area contributed by atoms with Crippen LogP contribution in [0.3, 0.4) is 0 Å². The molecular weight excluding hydrogens is 332 g/mol. The molecule has 0 atom stereocenters. The van der Waals surface area contributed by atoms with E-state index in [0.29, 0.717) is 5.75 Å². The third-order valence-corrected chi connectivity index (χ3v) is 5.13. The molecule has 1 aliphatic heterocycles. The monoisotopic (exact) mass is 356 g/mol. The Morgan fingerprint density at radius 3 is 2.63 bits per heavy atom. The van der Waals surface area contributed by atoms with E-state index in [4.69, 9.17) is 0 Å². The van der Waals surface area contributed by atoms with Gasteiger partial charge >= 0.3 is 0 Å². The Hall–Kier alpha value is -2.83. The molecule has 0 aliphatic carbocycles. The Labute approximate surface area is 160 Å². The number of fused-ring (bicyclic) bond motifs is 1. The van der Waals surface area contributed by atoms with Gasteiger partial charge in [-0.3, -0.25) is 9.88 Å². The summed E-state index contributed by atoms with van der Waals surface area (Å²) < 4.78 is 0. The van der Waals surface area contributed by atoms with Gasteiger partial charge in [-0.25, -0.2) is 0 Å². The summed E-state index contributed by atoms with van der Waals surface area (Å²) in [5, 5.41) is 11.6. The summed E-state index contributed by atoms with van der Waals surface area (Å²) in [6, 6.07) is 16.1. The maximum absolute atomic E-state index is 10.8. The molecule has 1 N–H and O–H groups in total. The van der Waals surface area contributed by atoms with E-state index in [1.54, 1.807) is 0 Å². The number of rotatable bonds is 3. The van der Waals surface area contributed by atoms with Gasteiger partial charge in [-0.2, -0.15) is 0 Å². The minimum Gasteiger partial charge on any atom is -0.507 e. The van der Waals surface area contributed by atoms with Crippen LogP contribution >= 0.6 is 0 Å². The van der Waals surface area contributed by atoms with E-state index in [-0.39, 0.29) is 0 Å². The van der Waals surface area contributed by atoms with E-state index in [2.05, 4.69) is 33.9 Å². The summed E-state index contributed by atoms with van der Waals surface area (Å²) in [4.78, 5) is 6.94. The quantitative estimate of drug-likeness (QED) is 0.701. The predicted octanol–water partition coefficient (Wildman–Crippen LogP) is 4.52. The lowest BCUT2D eigenvalue weighted by atomic mass is 10.1. The molecule has 27 heavy (non-hydrogen) atoms. The zero-order valence-electron chi connectivity index (χ0n) is 15.5. The molecule has 136 valence electrons. The zero-order chi connectivity index (χ0) is 18.5. The van der Waals surface area contributed by atoms with Gasteiger partial charge in [0.1, 0.15) is 5.75 Å². The number of aromatic hydroxyl groups is 1. The van der Waals surface area contributed by atoms with E-state index >= 15 is 0 Å². The fourth-order valence-electron chi connectivity index (χ4n) is 3.62. The summed E-state index contributed by atoms with van der Waals surface area (Å²) in [6.45, 7) is 2.96. The normalized spacial score (nSPS) is 14.7. The first-order chi connectivity index (χ1) is 13.3. The number of hydrogen-bond donors (Lipinski definition) is 1. The van der Waals surface area contributed by atoms with Crippen LogP contribution in [0.25, 0.3) is 10.9 Å². The number of benzene rings is 2. The van der Waals surface area contributed by atoms with E-state index < -0.39 is 0 Å². The van der Waals surface area contributed by atoms with E-state index in [9.17, 15) is 5.11 Å². The second-order valence-electron chi connectivity index (χ2n) is 7.16. The Morgan fingerprint density at radius 1 is 1.00 bits per heavy atom. The largest absolute Gasteiger partial charge is 0.507 e. The highest BCUT2D eigenvalue weighted by atomic mass is 16.3. The molecule has 0 radical (unpaired) electrons. The first-order valence-corrected chi connectivity index (χ1v) is 9.65. The number of likely N-dealkylation sites (tertiary alicyclic amines) is 1. The molecular formula is C24H24N2O. The Morgan fingerprint density at radius 2 is 1.81 bits per heavy atom. The number of nitrogens with zero attached hydrogens (tertiary/aromatic N) is 2. The van der Waals surface area contributed by atoms with Gasteiger partial charge in [0.15, 0.2) is 0 Å². The summed E-state index contributed by atoms with van der Waals surface area (Å²) in [6.07, 6.45) is 6.32. The van der Waals surface area contributed by atoms with Crippen molar-refractivity contribution in [1.82, 2.24) is 9.88 Å². The van der Waals surface area contributed by atoms with Crippen LogP contribution in [0.2, 0.25) is 0 Å². The van der Waals surface area contributed by atoms with E-state index in [0.717, 1.165) is 48.1 Å². The topological polar surface area (TPSA) is 36.4 Å². The predicted molar refractivity (Wildman–Crippen MR) is 110 cm³/mol. The van der Waals surface area contributed by atoms with Crippen LogP contribution in [-0.4, -0.2) is 28.1 Å². The highest BCUT2D eigenvalue weighted by Gasteiger charge is 2.14. The highest BCUT2D eigenvalue weighted by molar-refractivity contribution is 5.87. The van der Waals surface area contributed by atoms with Crippen molar-refractivity contribution in [3.63, 3.8) is 0 Å². The van der Waals surface area contributed by atoms with Crippen LogP contribution in [0.4, 0.5) is 0 Å². The summed E-state index contributed by atoms with van der Waals surface area (Å²) in [7, 11) is 0. The van der Waals surface area contributed by atoms with Crippen molar-refractivity contribution in [3.8, 4) is 17.6 Å². The van der Waals surface area contributed by atoms with Crippen molar-refractivity contribution in [2.75, 3.05) is 13.1 Å². The molecule has 1 saturated heterocycles. The van der Waals surface area contributed by atoms with Crippen LogP contribution < -0.4 is 0 Å². The average Bonchev–Trinajstić information content (AvgIpc) is 2.72. The molecule has 1 aliphatic rings. The molecule has 0 spiro atoms. The SMILES string of the molecule is Oc1c(CN2CCCCC2)cnc2ccc(C#CCc3ccccc3)cc12. The minimum atomic E-state index is 0.345. The number of piperidine rings is 1. The van der Waals surface area contributed by atoms with Gasteiger partial charge in [-0.15, -0.1) is 0 Å². The molecule has 1 fully saturated rings. The Balaban J connectivity index is 1.56. The van der Waals surface area contributed by atoms with Crippen LogP contribution in [0.1, 0.15) is 36.0 Å². The summed E-state index contributed by atoms with van der Waals surface area (Å²) in [5.74, 6) is 6.78.